The molecule has 0 saturated carbocycles. The lowest BCUT2D eigenvalue weighted by atomic mass is 10.2. The van der Waals surface area contributed by atoms with E-state index >= 15 is 0 Å². The Balaban J connectivity index is 2.59. The van der Waals surface area contributed by atoms with Crippen molar-refractivity contribution in [3.8, 4) is 0 Å². The van der Waals surface area contributed by atoms with Gasteiger partial charge in [0.2, 0.25) is 5.91 Å². The van der Waals surface area contributed by atoms with E-state index in [0.717, 1.165) is 42.6 Å². The van der Waals surface area contributed by atoms with Crippen LogP contribution in [0.5, 0.6) is 0 Å². The highest BCUT2D eigenvalue weighted by Crippen LogP contribution is 2.26. The summed E-state index contributed by atoms with van der Waals surface area (Å²) in [4.78, 5) is 13.7. The normalized spacial score (nSPS) is 10.5. The van der Waals surface area contributed by atoms with Crippen LogP contribution in [0, 0.1) is 0 Å². The molecule has 0 atom stereocenters. The summed E-state index contributed by atoms with van der Waals surface area (Å²) < 4.78 is 1.02. The number of carbonyl (C=O) groups is 1. The Morgan fingerprint density at radius 3 is 2.57 bits per heavy atom. The molecule has 4 nitrogen and oxygen atoms in total. The van der Waals surface area contributed by atoms with Gasteiger partial charge in [-0.25, -0.2) is 0 Å². The van der Waals surface area contributed by atoms with Gasteiger partial charge >= 0.3 is 0 Å². The Labute approximate surface area is 136 Å². The molecule has 0 saturated heterocycles. The Bertz CT molecular complexity index is 451. The summed E-state index contributed by atoms with van der Waals surface area (Å²) in [5.41, 5.74) is 2.27. The van der Waals surface area contributed by atoms with Crippen molar-refractivity contribution in [1.29, 1.82) is 0 Å². The van der Waals surface area contributed by atoms with Crippen LogP contribution in [0.25, 0.3) is 0 Å². The first-order valence-corrected chi connectivity index (χ1v) is 8.34. The molecule has 2 N–H and O–H groups in total. The van der Waals surface area contributed by atoms with Crippen LogP contribution >= 0.6 is 15.9 Å². The highest BCUT2D eigenvalue weighted by Gasteiger charge is 2.10. The standard InChI is InChI=1S/C16H26BrN3O/c1-4-8-18-11-13-6-7-15(14(17)10-13)20(3)12-16(21)19-9-5-2/h6-7,10,18H,4-5,8-9,11-12H2,1-3H3,(H,19,21). The van der Waals surface area contributed by atoms with Crippen molar-refractivity contribution in [1.82, 2.24) is 10.6 Å². The van der Waals surface area contributed by atoms with Gasteiger partial charge in [-0.1, -0.05) is 19.9 Å². The highest BCUT2D eigenvalue weighted by atomic mass is 79.9. The van der Waals surface area contributed by atoms with Crippen molar-refractivity contribution >= 4 is 27.5 Å². The molecule has 21 heavy (non-hydrogen) atoms. The van der Waals surface area contributed by atoms with E-state index in [-0.39, 0.29) is 5.91 Å². The molecule has 1 amide bonds. The van der Waals surface area contributed by atoms with Crippen molar-refractivity contribution in [3.05, 3.63) is 28.2 Å². The topological polar surface area (TPSA) is 44.4 Å². The molecule has 0 aliphatic carbocycles. The smallest absolute Gasteiger partial charge is 0.239 e. The van der Waals surface area contributed by atoms with Gasteiger partial charge < -0.3 is 15.5 Å². The van der Waals surface area contributed by atoms with Gasteiger partial charge in [-0.15, -0.1) is 0 Å². The fourth-order valence-corrected chi connectivity index (χ4v) is 2.73. The number of benzene rings is 1. The molecule has 0 bridgehead atoms. The molecule has 0 aliphatic rings. The number of hydrogen-bond acceptors (Lipinski definition) is 3. The van der Waals surface area contributed by atoms with Gasteiger partial charge in [0.05, 0.1) is 12.2 Å². The molecule has 0 unspecified atom stereocenters. The predicted octanol–water partition coefficient (Wildman–Crippen LogP) is 2.91. The van der Waals surface area contributed by atoms with Gasteiger partial charge in [-0.05, 0) is 53.0 Å². The summed E-state index contributed by atoms with van der Waals surface area (Å²) in [5, 5.41) is 6.28. The van der Waals surface area contributed by atoms with Crippen LogP contribution in [0.4, 0.5) is 5.69 Å². The zero-order chi connectivity index (χ0) is 15.7. The molecule has 0 heterocycles. The van der Waals surface area contributed by atoms with Crippen molar-refractivity contribution in [2.24, 2.45) is 0 Å². The monoisotopic (exact) mass is 355 g/mol. The fourth-order valence-electron chi connectivity index (χ4n) is 2.00. The largest absolute Gasteiger partial charge is 0.364 e. The third-order valence-electron chi connectivity index (χ3n) is 3.13. The fraction of sp³-hybridized carbons (Fsp3) is 0.562. The predicted molar refractivity (Wildman–Crippen MR) is 92.7 cm³/mol. The minimum Gasteiger partial charge on any atom is -0.364 e. The van der Waals surface area contributed by atoms with Gasteiger partial charge in [0.1, 0.15) is 0 Å². The van der Waals surface area contributed by atoms with E-state index in [4.69, 9.17) is 0 Å². The molecule has 1 aromatic rings. The first-order valence-electron chi connectivity index (χ1n) is 7.55. The van der Waals surface area contributed by atoms with Gasteiger partial charge in [0.15, 0.2) is 0 Å². The molecule has 1 aromatic carbocycles. The summed E-state index contributed by atoms with van der Waals surface area (Å²) >= 11 is 3.60. The minimum atomic E-state index is 0.0555. The van der Waals surface area contributed by atoms with E-state index in [1.807, 2.05) is 18.9 Å². The first-order chi connectivity index (χ1) is 10.1. The number of hydrogen-bond donors (Lipinski definition) is 2. The summed E-state index contributed by atoms with van der Waals surface area (Å²) in [6, 6.07) is 6.27. The van der Waals surface area contributed by atoms with E-state index in [1.165, 1.54) is 5.56 Å². The van der Waals surface area contributed by atoms with Crippen LogP contribution in [-0.4, -0.2) is 32.6 Å². The van der Waals surface area contributed by atoms with Crippen LogP contribution in [0.15, 0.2) is 22.7 Å². The molecule has 0 spiro atoms. The maximum Gasteiger partial charge on any atom is 0.239 e. The summed E-state index contributed by atoms with van der Waals surface area (Å²) in [6.45, 7) is 7.20. The molecule has 0 aliphatic heterocycles. The maximum absolute atomic E-state index is 11.8. The molecular weight excluding hydrogens is 330 g/mol. The van der Waals surface area contributed by atoms with Gasteiger partial charge in [-0.2, -0.15) is 0 Å². The molecule has 0 fully saturated rings. The molecule has 1 rings (SSSR count). The van der Waals surface area contributed by atoms with Crippen molar-refractivity contribution in [2.45, 2.75) is 33.2 Å². The van der Waals surface area contributed by atoms with Crippen molar-refractivity contribution in [3.63, 3.8) is 0 Å². The quantitative estimate of drug-likeness (QED) is 0.669. The lowest BCUT2D eigenvalue weighted by Gasteiger charge is -2.21. The lowest BCUT2D eigenvalue weighted by molar-refractivity contribution is -0.119. The number of likely N-dealkylation sites (N-methyl/N-ethyl adjacent to an activating group) is 1. The van der Waals surface area contributed by atoms with Crippen LogP contribution in [-0.2, 0) is 11.3 Å². The van der Waals surface area contributed by atoms with Gasteiger partial charge in [0.25, 0.3) is 0 Å². The molecule has 0 aromatic heterocycles. The number of amides is 1. The SMILES string of the molecule is CCCNCc1ccc(N(C)CC(=O)NCCC)c(Br)c1. The van der Waals surface area contributed by atoms with E-state index < -0.39 is 0 Å². The zero-order valence-electron chi connectivity index (χ0n) is 13.2. The third kappa shape index (κ3) is 6.48. The first kappa shape index (κ1) is 18.0. The van der Waals surface area contributed by atoms with Crippen LogP contribution in [0.2, 0.25) is 0 Å². The number of nitrogens with one attached hydrogen (secondary N) is 2. The van der Waals surface area contributed by atoms with Crippen molar-refractivity contribution in [2.75, 3.05) is 31.6 Å². The van der Waals surface area contributed by atoms with Crippen LogP contribution in [0.3, 0.4) is 0 Å². The summed E-state index contributed by atoms with van der Waals surface area (Å²) in [7, 11) is 1.93. The minimum absolute atomic E-state index is 0.0555. The maximum atomic E-state index is 11.8. The van der Waals surface area contributed by atoms with E-state index in [0.29, 0.717) is 6.54 Å². The van der Waals surface area contributed by atoms with Gasteiger partial charge in [-0.3, -0.25) is 4.79 Å². The summed E-state index contributed by atoms with van der Waals surface area (Å²) in [6.07, 6.45) is 2.09. The Morgan fingerprint density at radius 1 is 1.24 bits per heavy atom. The molecule has 118 valence electrons. The van der Waals surface area contributed by atoms with E-state index in [2.05, 4.69) is 51.7 Å². The molecule has 0 radical (unpaired) electrons. The average Bonchev–Trinajstić information content (AvgIpc) is 2.45. The number of nitrogens with zero attached hydrogens (tertiary/aromatic N) is 1. The van der Waals surface area contributed by atoms with Crippen molar-refractivity contribution < 1.29 is 4.79 Å². The average molecular weight is 356 g/mol. The Morgan fingerprint density at radius 2 is 1.95 bits per heavy atom. The van der Waals surface area contributed by atoms with E-state index in [9.17, 15) is 4.79 Å². The second-order valence-corrected chi connectivity index (χ2v) is 6.02. The second-order valence-electron chi connectivity index (χ2n) is 5.17. The lowest BCUT2D eigenvalue weighted by Crippen LogP contribution is -2.35. The van der Waals surface area contributed by atoms with Gasteiger partial charge in [0, 0.05) is 24.6 Å². The van der Waals surface area contributed by atoms with E-state index in [1.54, 1.807) is 0 Å². The number of halogens is 1. The second kappa shape index (κ2) is 9.79. The van der Waals surface area contributed by atoms with Crippen LogP contribution < -0.4 is 15.5 Å². The highest BCUT2D eigenvalue weighted by molar-refractivity contribution is 9.10. The number of carbonyl (C=O) groups excluding carboxylic acids is 1. The van der Waals surface area contributed by atoms with Crippen LogP contribution in [0.1, 0.15) is 32.3 Å². The third-order valence-corrected chi connectivity index (χ3v) is 3.77. The zero-order valence-corrected chi connectivity index (χ0v) is 14.8. The Hall–Kier alpha value is -1.07. The summed E-state index contributed by atoms with van der Waals surface area (Å²) in [5.74, 6) is 0.0555. The number of anilines is 1. The Kier molecular flexibility index (Phi) is 8.38. The molecular formula is C16H26BrN3O. The number of rotatable bonds is 9. The molecule has 5 heteroatoms.